The van der Waals surface area contributed by atoms with Crippen LogP contribution in [-0.2, 0) is 13.1 Å². The van der Waals surface area contributed by atoms with Crippen LogP contribution in [0.25, 0.3) is 11.5 Å². The maximum absolute atomic E-state index is 5.89. The molecule has 25 heavy (non-hydrogen) atoms. The molecule has 0 atom stereocenters. The van der Waals surface area contributed by atoms with Crippen LogP contribution in [0.4, 0.5) is 0 Å². The van der Waals surface area contributed by atoms with Gasteiger partial charge >= 0.3 is 0 Å². The average molecular weight is 356 g/mol. The minimum atomic E-state index is 0.625. The molecule has 0 saturated carbocycles. The van der Waals surface area contributed by atoms with E-state index >= 15 is 0 Å². The number of aromatic nitrogens is 2. The topological polar surface area (TPSA) is 47.8 Å². The van der Waals surface area contributed by atoms with E-state index in [0.717, 1.165) is 37.6 Å². The predicted molar refractivity (Wildman–Crippen MR) is 97.6 cm³/mol. The van der Waals surface area contributed by atoms with Crippen LogP contribution in [0.1, 0.15) is 16.3 Å². The molecule has 1 aliphatic rings. The van der Waals surface area contributed by atoms with Crippen molar-refractivity contribution >= 4 is 11.3 Å². The highest BCUT2D eigenvalue weighted by atomic mass is 32.1. The fraction of sp³-hybridized carbons (Fsp3) is 0.368. The van der Waals surface area contributed by atoms with Gasteiger partial charge in [-0.1, -0.05) is 23.8 Å². The number of aryl methyl sites for hydroxylation is 1. The summed E-state index contributed by atoms with van der Waals surface area (Å²) in [5.74, 6) is 1.37. The normalized spacial score (nSPS) is 20.7. The van der Waals surface area contributed by atoms with Crippen molar-refractivity contribution in [2.75, 3.05) is 26.2 Å². The predicted octanol–water partition coefficient (Wildman–Crippen LogP) is 0.590. The van der Waals surface area contributed by atoms with Gasteiger partial charge in [0.2, 0.25) is 5.89 Å². The zero-order chi connectivity index (χ0) is 17.1. The molecular formula is C19H24N4OS+2. The first-order chi connectivity index (χ1) is 12.3. The largest absolute Gasteiger partial charge is 0.415 e. The van der Waals surface area contributed by atoms with Gasteiger partial charge < -0.3 is 14.2 Å². The van der Waals surface area contributed by atoms with E-state index in [-0.39, 0.29) is 0 Å². The molecule has 1 fully saturated rings. The maximum Gasteiger partial charge on any atom is 0.271 e. The Morgan fingerprint density at radius 3 is 2.52 bits per heavy atom. The summed E-state index contributed by atoms with van der Waals surface area (Å²) in [6, 6.07) is 12.6. The quantitative estimate of drug-likeness (QED) is 0.704. The summed E-state index contributed by atoms with van der Waals surface area (Å²) in [6.07, 6.45) is 0. The molecule has 5 nitrogen and oxygen atoms in total. The SMILES string of the molecule is Cc1cccc(-c2nnc(C[NH+]3CC[NH+](Cc4cccs4)CC3)o2)c1. The number of rotatable bonds is 5. The molecule has 1 aliphatic heterocycles. The van der Waals surface area contributed by atoms with E-state index in [2.05, 4.69) is 46.8 Å². The number of piperazine rings is 1. The van der Waals surface area contributed by atoms with E-state index in [1.54, 1.807) is 4.90 Å². The van der Waals surface area contributed by atoms with Gasteiger partial charge in [-0.2, -0.15) is 0 Å². The van der Waals surface area contributed by atoms with Crippen LogP contribution in [0.5, 0.6) is 0 Å². The van der Waals surface area contributed by atoms with Crippen LogP contribution >= 0.6 is 11.3 Å². The number of benzene rings is 1. The number of thiophene rings is 1. The van der Waals surface area contributed by atoms with Crippen LogP contribution in [-0.4, -0.2) is 36.4 Å². The van der Waals surface area contributed by atoms with E-state index in [4.69, 9.17) is 4.42 Å². The van der Waals surface area contributed by atoms with Crippen LogP contribution in [0.3, 0.4) is 0 Å². The summed E-state index contributed by atoms with van der Waals surface area (Å²) in [5, 5.41) is 10.6. The van der Waals surface area contributed by atoms with Crippen LogP contribution in [0.15, 0.2) is 46.2 Å². The van der Waals surface area contributed by atoms with Gasteiger partial charge in [-0.25, -0.2) is 0 Å². The van der Waals surface area contributed by atoms with Crippen molar-refractivity contribution in [1.29, 1.82) is 0 Å². The number of hydrogen-bond donors (Lipinski definition) is 2. The molecule has 0 bridgehead atoms. The highest BCUT2D eigenvalue weighted by molar-refractivity contribution is 7.09. The smallest absolute Gasteiger partial charge is 0.271 e. The Balaban J connectivity index is 1.32. The van der Waals surface area contributed by atoms with Gasteiger partial charge in [0.25, 0.3) is 5.89 Å². The Labute approximate surface area is 151 Å². The summed E-state index contributed by atoms with van der Waals surface area (Å²) in [7, 11) is 0. The monoisotopic (exact) mass is 356 g/mol. The summed E-state index contributed by atoms with van der Waals surface area (Å²) in [6.45, 7) is 8.76. The lowest BCUT2D eigenvalue weighted by molar-refractivity contribution is -1.02. The van der Waals surface area contributed by atoms with Crippen LogP contribution < -0.4 is 9.80 Å². The first kappa shape index (κ1) is 16.4. The molecule has 2 aromatic heterocycles. The molecule has 3 aromatic rings. The first-order valence-electron chi connectivity index (χ1n) is 8.85. The van der Waals surface area contributed by atoms with Crippen LogP contribution in [0, 0.1) is 6.92 Å². The second-order valence-corrected chi connectivity index (χ2v) is 7.84. The molecule has 0 spiro atoms. The van der Waals surface area contributed by atoms with Gasteiger partial charge in [-0.3, -0.25) is 0 Å². The second kappa shape index (κ2) is 7.47. The lowest BCUT2D eigenvalue weighted by Gasteiger charge is -2.28. The van der Waals surface area contributed by atoms with Crippen molar-refractivity contribution in [3.8, 4) is 11.5 Å². The Morgan fingerprint density at radius 2 is 1.80 bits per heavy atom. The van der Waals surface area contributed by atoms with Crippen molar-refractivity contribution in [3.63, 3.8) is 0 Å². The molecule has 1 saturated heterocycles. The van der Waals surface area contributed by atoms with Gasteiger partial charge in [0.05, 0.1) is 4.88 Å². The Bertz CT molecular complexity index is 806. The third-order valence-corrected chi connectivity index (χ3v) is 5.68. The summed E-state index contributed by atoms with van der Waals surface area (Å²) < 4.78 is 5.89. The highest BCUT2D eigenvalue weighted by Crippen LogP contribution is 2.18. The van der Waals surface area contributed by atoms with Gasteiger partial charge in [-0.15, -0.1) is 21.5 Å². The molecule has 0 amide bonds. The van der Waals surface area contributed by atoms with Crippen molar-refractivity contribution in [3.05, 3.63) is 58.1 Å². The first-order valence-corrected chi connectivity index (χ1v) is 9.73. The average Bonchev–Trinajstić information content (AvgIpc) is 3.29. The van der Waals surface area contributed by atoms with Gasteiger partial charge in [0.15, 0.2) is 6.54 Å². The summed E-state index contributed by atoms with van der Waals surface area (Å²) >= 11 is 1.86. The Kier molecular flexibility index (Phi) is 4.92. The molecule has 6 heteroatoms. The number of hydrogen-bond acceptors (Lipinski definition) is 4. The molecule has 1 aromatic carbocycles. The van der Waals surface area contributed by atoms with E-state index < -0.39 is 0 Å². The molecule has 2 N–H and O–H groups in total. The van der Waals surface area contributed by atoms with Gasteiger partial charge in [0, 0.05) is 5.56 Å². The van der Waals surface area contributed by atoms with Crippen molar-refractivity contribution in [1.82, 2.24) is 10.2 Å². The zero-order valence-electron chi connectivity index (χ0n) is 14.5. The van der Waals surface area contributed by atoms with Crippen molar-refractivity contribution < 1.29 is 14.2 Å². The fourth-order valence-corrected chi connectivity index (χ4v) is 4.18. The van der Waals surface area contributed by atoms with Gasteiger partial charge in [0.1, 0.15) is 32.7 Å². The van der Waals surface area contributed by atoms with Gasteiger partial charge in [-0.05, 0) is 30.5 Å². The highest BCUT2D eigenvalue weighted by Gasteiger charge is 2.25. The van der Waals surface area contributed by atoms with E-state index in [9.17, 15) is 0 Å². The van der Waals surface area contributed by atoms with Crippen LogP contribution in [0.2, 0.25) is 0 Å². The van der Waals surface area contributed by atoms with E-state index in [1.807, 2.05) is 23.5 Å². The lowest BCUT2D eigenvalue weighted by atomic mass is 10.1. The molecule has 0 aliphatic carbocycles. The Morgan fingerprint density at radius 1 is 1.00 bits per heavy atom. The molecular weight excluding hydrogens is 332 g/mol. The molecule has 4 rings (SSSR count). The standard InChI is InChI=1S/C19H22N4OS/c1-15-4-2-5-16(12-15)19-21-20-18(24-19)14-23-9-7-22(8-10-23)13-17-6-3-11-25-17/h2-6,11-12H,7-10,13-14H2,1H3/p+2. The van der Waals surface area contributed by atoms with E-state index in [0.29, 0.717) is 5.89 Å². The minimum absolute atomic E-state index is 0.625. The maximum atomic E-state index is 5.89. The number of nitrogens with zero attached hydrogens (tertiary/aromatic N) is 2. The number of quaternary nitrogens is 2. The molecule has 3 heterocycles. The molecule has 0 unspecified atom stereocenters. The third kappa shape index (κ3) is 4.15. The third-order valence-electron chi connectivity index (χ3n) is 4.80. The Hall–Kier alpha value is -2.02. The second-order valence-electron chi connectivity index (χ2n) is 6.80. The fourth-order valence-electron chi connectivity index (χ4n) is 3.40. The summed E-state index contributed by atoms with van der Waals surface area (Å²) in [5.41, 5.74) is 2.20. The molecule has 130 valence electrons. The van der Waals surface area contributed by atoms with Crippen molar-refractivity contribution in [2.45, 2.75) is 20.0 Å². The molecule has 0 radical (unpaired) electrons. The number of nitrogens with one attached hydrogen (secondary N) is 2. The minimum Gasteiger partial charge on any atom is -0.415 e. The lowest BCUT2D eigenvalue weighted by Crippen LogP contribution is -3.27. The zero-order valence-corrected chi connectivity index (χ0v) is 15.3. The van der Waals surface area contributed by atoms with E-state index in [1.165, 1.54) is 28.4 Å². The summed E-state index contributed by atoms with van der Waals surface area (Å²) in [4.78, 5) is 4.70. The van der Waals surface area contributed by atoms with Crippen molar-refractivity contribution in [2.24, 2.45) is 0 Å².